The quantitative estimate of drug-likeness (QED) is 0.885. The smallest absolute Gasteiger partial charge is 0.271 e. The predicted octanol–water partition coefficient (Wildman–Crippen LogP) is 1.82. The summed E-state index contributed by atoms with van der Waals surface area (Å²) in [5.41, 5.74) is 0.382. The Morgan fingerprint density at radius 2 is 2.44 bits per heavy atom. The minimum atomic E-state index is -0.572. The van der Waals surface area contributed by atoms with Crippen molar-refractivity contribution in [2.75, 3.05) is 6.54 Å². The summed E-state index contributed by atoms with van der Waals surface area (Å²) in [6.45, 7) is 3.66. The minimum absolute atomic E-state index is 0.214. The Balaban J connectivity index is 2.17. The molecule has 0 spiro atoms. The highest BCUT2D eigenvalue weighted by Crippen LogP contribution is 2.27. The number of nitrogens with zero attached hydrogens (tertiary/aromatic N) is 1. The fourth-order valence-electron chi connectivity index (χ4n) is 1.44. The van der Waals surface area contributed by atoms with Crippen LogP contribution in [0, 0.1) is 6.92 Å². The number of carbonyl (C=O) groups is 1. The number of hydrogen-bond acceptors (Lipinski definition) is 5. The molecule has 1 amide bonds. The summed E-state index contributed by atoms with van der Waals surface area (Å²) in [5, 5.41) is 12.4. The van der Waals surface area contributed by atoms with Crippen LogP contribution in [-0.2, 0) is 0 Å². The Bertz CT molecular complexity index is 532. The molecule has 96 valence electrons. The fraction of sp³-hybridized carbons (Fsp3) is 0.333. The Morgan fingerprint density at radius 1 is 1.67 bits per heavy atom. The van der Waals surface area contributed by atoms with Crippen LogP contribution in [0.3, 0.4) is 0 Å². The van der Waals surface area contributed by atoms with E-state index in [4.69, 9.17) is 9.52 Å². The number of carbonyl (C=O) groups excluding carboxylic acids is 1. The monoisotopic (exact) mass is 266 g/mol. The molecule has 0 aliphatic carbocycles. The number of aryl methyl sites for hydroxylation is 1. The topological polar surface area (TPSA) is 75.4 Å². The number of hydrogen-bond donors (Lipinski definition) is 2. The van der Waals surface area contributed by atoms with Crippen molar-refractivity contribution >= 4 is 17.2 Å². The van der Waals surface area contributed by atoms with Gasteiger partial charge in [-0.1, -0.05) is 0 Å². The third kappa shape index (κ3) is 2.77. The molecule has 2 heterocycles. The van der Waals surface area contributed by atoms with Gasteiger partial charge in [0, 0.05) is 11.4 Å². The number of thiazole rings is 1. The molecule has 2 rings (SSSR count). The minimum Gasteiger partial charge on any atom is -0.462 e. The van der Waals surface area contributed by atoms with Crippen molar-refractivity contribution in [1.29, 1.82) is 0 Å². The first-order valence-corrected chi connectivity index (χ1v) is 6.37. The zero-order valence-electron chi connectivity index (χ0n) is 10.1. The SMILES string of the molecule is Cc1sc(-c2ccco2)nc1C(=O)NC[C@H](C)O. The summed E-state index contributed by atoms with van der Waals surface area (Å²) in [6.07, 6.45) is 0.997. The summed E-state index contributed by atoms with van der Waals surface area (Å²) >= 11 is 1.41. The Kier molecular flexibility index (Phi) is 3.78. The molecule has 1 atom stereocenters. The van der Waals surface area contributed by atoms with Crippen LogP contribution in [0.2, 0.25) is 0 Å². The third-order valence-electron chi connectivity index (χ3n) is 2.30. The van der Waals surface area contributed by atoms with Gasteiger partial charge in [-0.3, -0.25) is 4.79 Å². The highest BCUT2D eigenvalue weighted by atomic mass is 32.1. The highest BCUT2D eigenvalue weighted by molar-refractivity contribution is 7.15. The molecule has 5 nitrogen and oxygen atoms in total. The van der Waals surface area contributed by atoms with E-state index in [1.807, 2.05) is 6.92 Å². The third-order valence-corrected chi connectivity index (χ3v) is 3.29. The normalized spacial score (nSPS) is 12.4. The lowest BCUT2D eigenvalue weighted by atomic mass is 10.3. The van der Waals surface area contributed by atoms with Crippen LogP contribution < -0.4 is 5.32 Å². The number of nitrogens with one attached hydrogen (secondary N) is 1. The van der Waals surface area contributed by atoms with Gasteiger partial charge < -0.3 is 14.8 Å². The molecule has 2 aromatic heterocycles. The maximum Gasteiger partial charge on any atom is 0.271 e. The van der Waals surface area contributed by atoms with E-state index in [-0.39, 0.29) is 12.5 Å². The van der Waals surface area contributed by atoms with Gasteiger partial charge in [0.25, 0.3) is 5.91 Å². The maximum atomic E-state index is 11.8. The van der Waals surface area contributed by atoms with Gasteiger partial charge in [0.1, 0.15) is 5.69 Å². The van der Waals surface area contributed by atoms with Crippen LogP contribution in [0.15, 0.2) is 22.8 Å². The van der Waals surface area contributed by atoms with Crippen molar-refractivity contribution < 1.29 is 14.3 Å². The summed E-state index contributed by atoms with van der Waals surface area (Å²) in [5.74, 6) is 0.375. The molecule has 2 N–H and O–H groups in total. The first kappa shape index (κ1) is 12.8. The van der Waals surface area contributed by atoms with Crippen molar-refractivity contribution in [2.24, 2.45) is 0 Å². The summed E-state index contributed by atoms with van der Waals surface area (Å²) in [7, 11) is 0. The molecule has 0 fully saturated rings. The van der Waals surface area contributed by atoms with Crippen molar-refractivity contribution in [3.8, 4) is 10.8 Å². The van der Waals surface area contributed by atoms with Gasteiger partial charge in [-0.05, 0) is 26.0 Å². The van der Waals surface area contributed by atoms with Gasteiger partial charge >= 0.3 is 0 Å². The number of amides is 1. The van der Waals surface area contributed by atoms with E-state index in [1.54, 1.807) is 25.3 Å². The average molecular weight is 266 g/mol. The number of aliphatic hydroxyl groups excluding tert-OH is 1. The number of rotatable bonds is 4. The van der Waals surface area contributed by atoms with Gasteiger partial charge in [0.15, 0.2) is 10.8 Å². The van der Waals surface area contributed by atoms with Crippen LogP contribution in [0.1, 0.15) is 22.3 Å². The molecule has 0 saturated carbocycles. The Hall–Kier alpha value is -1.66. The van der Waals surface area contributed by atoms with Crippen LogP contribution >= 0.6 is 11.3 Å². The van der Waals surface area contributed by atoms with Crippen LogP contribution in [-0.4, -0.2) is 28.6 Å². The molecule has 0 aliphatic rings. The predicted molar refractivity (Wildman–Crippen MR) is 68.6 cm³/mol. The van der Waals surface area contributed by atoms with Gasteiger partial charge in [-0.2, -0.15) is 0 Å². The first-order chi connectivity index (χ1) is 8.58. The summed E-state index contributed by atoms with van der Waals surface area (Å²) in [6, 6.07) is 3.58. The number of furan rings is 1. The lowest BCUT2D eigenvalue weighted by Crippen LogP contribution is -2.31. The van der Waals surface area contributed by atoms with Gasteiger partial charge in [0.05, 0.1) is 12.4 Å². The zero-order chi connectivity index (χ0) is 13.1. The molecule has 6 heteroatoms. The lowest BCUT2D eigenvalue weighted by molar-refractivity contribution is 0.0919. The van der Waals surface area contributed by atoms with E-state index in [9.17, 15) is 4.79 Å². The van der Waals surface area contributed by atoms with E-state index < -0.39 is 6.10 Å². The second kappa shape index (κ2) is 5.32. The van der Waals surface area contributed by atoms with Gasteiger partial charge in [-0.25, -0.2) is 4.98 Å². The van der Waals surface area contributed by atoms with Crippen molar-refractivity contribution in [3.63, 3.8) is 0 Å². The molecular weight excluding hydrogens is 252 g/mol. The lowest BCUT2D eigenvalue weighted by Gasteiger charge is -2.05. The number of aliphatic hydroxyl groups is 1. The molecule has 0 aliphatic heterocycles. The van der Waals surface area contributed by atoms with Crippen LogP contribution in [0.4, 0.5) is 0 Å². The molecule has 0 aromatic carbocycles. The second-order valence-electron chi connectivity index (χ2n) is 3.96. The van der Waals surface area contributed by atoms with Crippen molar-refractivity contribution in [1.82, 2.24) is 10.3 Å². The van der Waals surface area contributed by atoms with E-state index in [0.29, 0.717) is 16.5 Å². The maximum absolute atomic E-state index is 11.8. The summed E-state index contributed by atoms with van der Waals surface area (Å²) < 4.78 is 5.24. The Labute approximate surface area is 108 Å². The number of aromatic nitrogens is 1. The molecule has 0 saturated heterocycles. The first-order valence-electron chi connectivity index (χ1n) is 5.55. The van der Waals surface area contributed by atoms with Crippen molar-refractivity contribution in [2.45, 2.75) is 20.0 Å². The Morgan fingerprint density at radius 3 is 3.06 bits per heavy atom. The van der Waals surface area contributed by atoms with E-state index in [2.05, 4.69) is 10.3 Å². The highest BCUT2D eigenvalue weighted by Gasteiger charge is 2.17. The standard InChI is InChI=1S/C12H14N2O3S/c1-7(15)6-13-11(16)10-8(2)18-12(14-10)9-4-3-5-17-9/h3-5,7,15H,6H2,1-2H3,(H,13,16)/t7-/m0/s1. The van der Waals surface area contributed by atoms with Gasteiger partial charge in [0.2, 0.25) is 0 Å². The van der Waals surface area contributed by atoms with Crippen molar-refractivity contribution in [3.05, 3.63) is 29.0 Å². The van der Waals surface area contributed by atoms with E-state index in [1.165, 1.54) is 11.3 Å². The molecule has 0 radical (unpaired) electrons. The van der Waals surface area contributed by atoms with E-state index >= 15 is 0 Å². The van der Waals surface area contributed by atoms with E-state index in [0.717, 1.165) is 4.88 Å². The van der Waals surface area contributed by atoms with Crippen LogP contribution in [0.5, 0.6) is 0 Å². The fourth-order valence-corrected chi connectivity index (χ4v) is 2.32. The molecular formula is C12H14N2O3S. The zero-order valence-corrected chi connectivity index (χ0v) is 11.0. The van der Waals surface area contributed by atoms with Gasteiger partial charge in [-0.15, -0.1) is 11.3 Å². The molecule has 0 unspecified atom stereocenters. The molecule has 18 heavy (non-hydrogen) atoms. The average Bonchev–Trinajstić information content (AvgIpc) is 2.94. The van der Waals surface area contributed by atoms with Crippen LogP contribution in [0.25, 0.3) is 10.8 Å². The summed E-state index contributed by atoms with van der Waals surface area (Å²) in [4.78, 5) is 16.9. The largest absolute Gasteiger partial charge is 0.462 e. The second-order valence-corrected chi connectivity index (χ2v) is 5.16. The molecule has 0 bridgehead atoms. The molecule has 2 aromatic rings.